The molecule has 2 aromatic rings. The van der Waals surface area contributed by atoms with E-state index in [1.54, 1.807) is 44.6 Å². The molecule has 1 aliphatic rings. The van der Waals surface area contributed by atoms with E-state index in [0.29, 0.717) is 35.9 Å². The normalized spacial score (nSPS) is 16.2. The van der Waals surface area contributed by atoms with E-state index in [1.807, 2.05) is 19.1 Å². The van der Waals surface area contributed by atoms with Crippen molar-refractivity contribution in [3.05, 3.63) is 53.6 Å². The molecule has 8 nitrogen and oxygen atoms in total. The second kappa shape index (κ2) is 10.5. The summed E-state index contributed by atoms with van der Waals surface area (Å²) in [6.07, 6.45) is 2.72. The molecule has 3 rings (SSSR count). The molecule has 32 heavy (non-hydrogen) atoms. The number of benzene rings is 2. The van der Waals surface area contributed by atoms with Crippen molar-refractivity contribution in [2.24, 2.45) is 4.99 Å². The van der Waals surface area contributed by atoms with Gasteiger partial charge in [-0.3, -0.25) is 14.5 Å². The van der Waals surface area contributed by atoms with Gasteiger partial charge in [0.25, 0.3) is 10.0 Å². The van der Waals surface area contributed by atoms with Crippen LogP contribution in [0.5, 0.6) is 11.5 Å². The van der Waals surface area contributed by atoms with E-state index in [1.165, 1.54) is 0 Å². The molecule has 0 spiro atoms. The smallest absolute Gasteiger partial charge is 0.263 e. The molecule has 2 aromatic carbocycles. The Morgan fingerprint density at radius 3 is 2.62 bits per heavy atom. The number of nitrogens with one attached hydrogen (secondary N) is 2. The van der Waals surface area contributed by atoms with E-state index in [4.69, 9.17) is 9.47 Å². The fourth-order valence-corrected chi connectivity index (χ4v) is 4.83. The molecule has 1 unspecified atom stereocenters. The number of methoxy groups -OCH3 is 2. The summed E-state index contributed by atoms with van der Waals surface area (Å²) in [5.41, 5.74) is 1.49. The van der Waals surface area contributed by atoms with Gasteiger partial charge in [-0.05, 0) is 44.0 Å². The van der Waals surface area contributed by atoms with E-state index in [9.17, 15) is 13.2 Å². The molecule has 1 atom stereocenters. The summed E-state index contributed by atoms with van der Waals surface area (Å²) in [5.74, 6) is 1.72. The summed E-state index contributed by atoms with van der Waals surface area (Å²) in [4.78, 5) is 17.0. The van der Waals surface area contributed by atoms with Gasteiger partial charge >= 0.3 is 0 Å². The zero-order chi connectivity index (χ0) is 23.1. The Morgan fingerprint density at radius 2 is 1.88 bits per heavy atom. The second-order valence-electron chi connectivity index (χ2n) is 7.54. The van der Waals surface area contributed by atoms with Gasteiger partial charge in [-0.15, -0.1) is 0 Å². The van der Waals surface area contributed by atoms with Crippen molar-refractivity contribution in [1.82, 2.24) is 10.0 Å². The number of sulfonamides is 1. The van der Waals surface area contributed by atoms with Crippen molar-refractivity contribution in [2.75, 3.05) is 20.8 Å². The summed E-state index contributed by atoms with van der Waals surface area (Å²) in [7, 11) is -0.324. The second-order valence-corrected chi connectivity index (χ2v) is 9.19. The van der Waals surface area contributed by atoms with E-state index < -0.39 is 10.0 Å². The highest BCUT2D eigenvalue weighted by Crippen LogP contribution is 2.29. The van der Waals surface area contributed by atoms with Crippen LogP contribution in [-0.4, -0.2) is 40.9 Å². The number of unbranched alkanes of at least 4 members (excludes halogenated alkanes) is 2. The number of ether oxygens (including phenoxy) is 2. The number of hydrogen-bond acceptors (Lipinski definition) is 6. The van der Waals surface area contributed by atoms with Crippen LogP contribution in [-0.2, 0) is 14.8 Å². The average molecular weight is 460 g/mol. The zero-order valence-corrected chi connectivity index (χ0v) is 19.4. The third-order valence-corrected chi connectivity index (χ3v) is 6.68. The van der Waals surface area contributed by atoms with Gasteiger partial charge in [0, 0.05) is 30.2 Å². The van der Waals surface area contributed by atoms with E-state index in [2.05, 4.69) is 15.0 Å². The third kappa shape index (κ3) is 5.59. The summed E-state index contributed by atoms with van der Waals surface area (Å²) in [6.45, 7) is 2.41. The fraction of sp³-hybridized carbons (Fsp3) is 0.391. The topological polar surface area (TPSA) is 106 Å². The number of rotatable bonds is 10. The average Bonchev–Trinajstić information content (AvgIpc) is 3.05. The molecule has 0 saturated heterocycles. The van der Waals surface area contributed by atoms with Crippen LogP contribution in [0.15, 0.2) is 52.4 Å². The van der Waals surface area contributed by atoms with Gasteiger partial charge < -0.3 is 14.8 Å². The third-order valence-electron chi connectivity index (χ3n) is 5.28. The first kappa shape index (κ1) is 23.6. The number of aliphatic imine (C=N–C) groups is 1. The minimum atomic E-state index is -3.51. The highest BCUT2D eigenvalue weighted by atomic mass is 32.2. The maximum Gasteiger partial charge on any atom is 0.263 e. The SMILES string of the molecule is COc1ccc(C(C)NC(=O)CCCCCN=C2NS(=O)(=O)c3ccccc32)c(OC)c1. The van der Waals surface area contributed by atoms with Gasteiger partial charge in [-0.2, -0.15) is 0 Å². The number of carbonyl (C=O) groups is 1. The monoisotopic (exact) mass is 459 g/mol. The van der Waals surface area contributed by atoms with Crippen molar-refractivity contribution in [3.8, 4) is 11.5 Å². The van der Waals surface area contributed by atoms with Crippen LogP contribution >= 0.6 is 0 Å². The first-order valence-electron chi connectivity index (χ1n) is 10.5. The van der Waals surface area contributed by atoms with Crippen LogP contribution < -0.4 is 19.5 Å². The molecule has 0 aromatic heterocycles. The van der Waals surface area contributed by atoms with Gasteiger partial charge in [0.15, 0.2) is 0 Å². The number of amides is 1. The summed E-state index contributed by atoms with van der Waals surface area (Å²) >= 11 is 0. The lowest BCUT2D eigenvalue weighted by Gasteiger charge is -2.18. The standard InChI is InChI=1S/C23H29N3O5S/c1-16(18-13-12-17(30-2)15-20(18)31-3)25-22(27)11-5-4-8-14-24-23-19-9-6-7-10-21(19)32(28,29)26-23/h6-7,9-10,12-13,15-16H,4-5,8,11,14H2,1-3H3,(H,24,26)(H,25,27). The number of amidine groups is 1. The summed E-state index contributed by atoms with van der Waals surface area (Å²) in [6, 6.07) is 12.1. The lowest BCUT2D eigenvalue weighted by Crippen LogP contribution is -2.26. The lowest BCUT2D eigenvalue weighted by molar-refractivity contribution is -0.121. The molecule has 0 bridgehead atoms. The Morgan fingerprint density at radius 1 is 1.09 bits per heavy atom. The van der Waals surface area contributed by atoms with Crippen LogP contribution in [0.25, 0.3) is 0 Å². The van der Waals surface area contributed by atoms with E-state index >= 15 is 0 Å². The van der Waals surface area contributed by atoms with Crippen LogP contribution in [0.1, 0.15) is 49.8 Å². The molecule has 9 heteroatoms. The maximum absolute atomic E-state index is 12.3. The Bertz CT molecular complexity index is 1100. The van der Waals surface area contributed by atoms with Gasteiger partial charge in [0.05, 0.1) is 25.2 Å². The summed E-state index contributed by atoms with van der Waals surface area (Å²) in [5, 5.41) is 3.00. The van der Waals surface area contributed by atoms with Crippen molar-refractivity contribution >= 4 is 21.8 Å². The maximum atomic E-state index is 12.3. The van der Waals surface area contributed by atoms with Gasteiger partial charge in [-0.1, -0.05) is 18.6 Å². The fourth-order valence-electron chi connectivity index (χ4n) is 3.58. The van der Waals surface area contributed by atoms with Crippen LogP contribution in [0.4, 0.5) is 0 Å². The highest BCUT2D eigenvalue weighted by Gasteiger charge is 2.29. The Kier molecular flexibility index (Phi) is 7.74. The highest BCUT2D eigenvalue weighted by molar-refractivity contribution is 7.90. The van der Waals surface area contributed by atoms with E-state index in [-0.39, 0.29) is 16.8 Å². The van der Waals surface area contributed by atoms with E-state index in [0.717, 1.165) is 24.8 Å². The molecule has 2 N–H and O–H groups in total. The van der Waals surface area contributed by atoms with Crippen molar-refractivity contribution < 1.29 is 22.7 Å². The molecule has 0 saturated carbocycles. The Balaban J connectivity index is 1.42. The predicted octanol–water partition coefficient (Wildman–Crippen LogP) is 3.18. The number of nitrogens with zero attached hydrogens (tertiary/aromatic N) is 1. The Hall–Kier alpha value is -3.07. The molecule has 0 radical (unpaired) electrons. The van der Waals surface area contributed by atoms with Crippen LogP contribution in [0, 0.1) is 0 Å². The zero-order valence-electron chi connectivity index (χ0n) is 18.6. The first-order chi connectivity index (χ1) is 15.4. The van der Waals surface area contributed by atoms with Crippen molar-refractivity contribution in [1.29, 1.82) is 0 Å². The minimum absolute atomic E-state index is 0.0286. The quantitative estimate of drug-likeness (QED) is 0.531. The molecule has 0 fully saturated rings. The molecule has 1 amide bonds. The molecule has 1 aliphatic heterocycles. The van der Waals surface area contributed by atoms with Crippen LogP contribution in [0.2, 0.25) is 0 Å². The minimum Gasteiger partial charge on any atom is -0.497 e. The molecule has 172 valence electrons. The number of hydrogen-bond donors (Lipinski definition) is 2. The molecular formula is C23H29N3O5S. The molecule has 1 heterocycles. The summed E-state index contributed by atoms with van der Waals surface area (Å²) < 4.78 is 37.3. The lowest BCUT2D eigenvalue weighted by atomic mass is 10.1. The number of carbonyl (C=O) groups excluding carboxylic acids is 1. The van der Waals surface area contributed by atoms with Crippen molar-refractivity contribution in [3.63, 3.8) is 0 Å². The van der Waals surface area contributed by atoms with Gasteiger partial charge in [-0.25, -0.2) is 8.42 Å². The first-order valence-corrected chi connectivity index (χ1v) is 12.0. The molecule has 0 aliphatic carbocycles. The predicted molar refractivity (Wildman–Crippen MR) is 123 cm³/mol. The van der Waals surface area contributed by atoms with Crippen LogP contribution in [0.3, 0.4) is 0 Å². The van der Waals surface area contributed by atoms with Crippen molar-refractivity contribution in [2.45, 2.75) is 43.5 Å². The van der Waals surface area contributed by atoms with Gasteiger partial charge in [0.1, 0.15) is 17.3 Å². The number of fused-ring (bicyclic) bond motifs is 1. The molecular weight excluding hydrogens is 430 g/mol. The Labute approximate surface area is 189 Å². The largest absolute Gasteiger partial charge is 0.497 e. The van der Waals surface area contributed by atoms with Gasteiger partial charge in [0.2, 0.25) is 5.91 Å².